The molecule has 6 atom stereocenters. The van der Waals surface area contributed by atoms with Gasteiger partial charge in [-0.25, -0.2) is 0 Å². The van der Waals surface area contributed by atoms with Crippen LogP contribution in [0.1, 0.15) is 97.3 Å². The minimum absolute atomic E-state index is 0.730. The van der Waals surface area contributed by atoms with Crippen molar-refractivity contribution in [3.8, 4) is 0 Å². The van der Waals surface area contributed by atoms with Crippen molar-refractivity contribution < 1.29 is 0 Å². The Hall–Kier alpha value is -0.560. The highest BCUT2D eigenvalue weighted by Crippen LogP contribution is 2.47. The zero-order valence-electron chi connectivity index (χ0n) is 18.0. The summed E-state index contributed by atoms with van der Waals surface area (Å²) in [4.78, 5) is 0. The summed E-state index contributed by atoms with van der Waals surface area (Å²) < 4.78 is 0. The molecule has 4 aliphatic rings. The molecule has 0 amide bonds. The van der Waals surface area contributed by atoms with Crippen LogP contribution in [0.4, 0.5) is 0 Å². The monoisotopic (exact) mass is 369 g/mol. The van der Waals surface area contributed by atoms with Crippen molar-refractivity contribution >= 4 is 0 Å². The van der Waals surface area contributed by atoms with E-state index in [0.717, 1.165) is 41.7 Å². The van der Waals surface area contributed by atoms with Gasteiger partial charge in [-0.1, -0.05) is 50.5 Å². The van der Waals surface area contributed by atoms with Crippen molar-refractivity contribution in [3.05, 3.63) is 23.8 Å². The Balaban J connectivity index is 1.49. The normalized spacial score (nSPS) is 40.8. The summed E-state index contributed by atoms with van der Waals surface area (Å²) in [7, 11) is 0. The first-order chi connectivity index (χ1) is 13.2. The number of hydrogen-bond donors (Lipinski definition) is 1. The molecule has 1 N–H and O–H groups in total. The standard InChI is InChI=1S/C26H43N/c1-19(2)26-24(17-18-25(27-26)21-13-7-4-8-14-21)23-16-10-9-15-22(23)20-11-5-3-6-12-20/h7,11,13,19,21-27H,3-6,8-10,12,14-18H2,1-2H3. The van der Waals surface area contributed by atoms with Crippen molar-refractivity contribution in [2.75, 3.05) is 0 Å². The molecule has 4 rings (SSSR count). The third-order valence-electron chi connectivity index (χ3n) is 8.38. The number of allylic oxidation sites excluding steroid dienone is 3. The molecule has 0 bridgehead atoms. The van der Waals surface area contributed by atoms with Gasteiger partial charge >= 0.3 is 0 Å². The molecule has 0 radical (unpaired) electrons. The zero-order chi connectivity index (χ0) is 18.6. The van der Waals surface area contributed by atoms with Crippen LogP contribution in [0.15, 0.2) is 23.8 Å². The first-order valence-electron chi connectivity index (χ1n) is 12.4. The van der Waals surface area contributed by atoms with Gasteiger partial charge in [0.05, 0.1) is 0 Å². The maximum Gasteiger partial charge on any atom is 0.0133 e. The van der Waals surface area contributed by atoms with Crippen LogP contribution in [0.25, 0.3) is 0 Å². The number of piperidine rings is 1. The van der Waals surface area contributed by atoms with Gasteiger partial charge in [-0.3, -0.25) is 0 Å². The van der Waals surface area contributed by atoms with Gasteiger partial charge in [0.2, 0.25) is 0 Å². The van der Waals surface area contributed by atoms with Crippen molar-refractivity contribution in [3.63, 3.8) is 0 Å². The van der Waals surface area contributed by atoms with E-state index in [1.54, 1.807) is 0 Å². The Bertz CT molecular complexity index is 530. The molecule has 3 aliphatic carbocycles. The summed E-state index contributed by atoms with van der Waals surface area (Å²) in [6.45, 7) is 4.95. The molecule has 1 nitrogen and oxygen atoms in total. The maximum atomic E-state index is 4.22. The average Bonchev–Trinajstić information content (AvgIpc) is 2.74. The second kappa shape index (κ2) is 9.29. The van der Waals surface area contributed by atoms with Crippen LogP contribution in [0.2, 0.25) is 0 Å². The lowest BCUT2D eigenvalue weighted by Crippen LogP contribution is -2.55. The second-order valence-corrected chi connectivity index (χ2v) is 10.4. The minimum atomic E-state index is 0.730. The number of rotatable bonds is 4. The molecule has 1 heterocycles. The molecule has 6 unspecified atom stereocenters. The Morgan fingerprint density at radius 1 is 0.852 bits per heavy atom. The minimum Gasteiger partial charge on any atom is -0.310 e. The van der Waals surface area contributed by atoms with E-state index in [2.05, 4.69) is 37.4 Å². The molecular formula is C26H43N. The van der Waals surface area contributed by atoms with E-state index in [-0.39, 0.29) is 0 Å². The molecule has 0 spiro atoms. The molecule has 1 aliphatic heterocycles. The third kappa shape index (κ3) is 4.55. The molecule has 0 aromatic heterocycles. The number of nitrogens with one attached hydrogen (secondary N) is 1. The predicted molar refractivity (Wildman–Crippen MR) is 117 cm³/mol. The summed E-state index contributed by atoms with van der Waals surface area (Å²) in [6, 6.07) is 1.47. The lowest BCUT2D eigenvalue weighted by atomic mass is 9.62. The molecule has 152 valence electrons. The van der Waals surface area contributed by atoms with Gasteiger partial charge in [0.25, 0.3) is 0 Å². The summed E-state index contributed by atoms with van der Waals surface area (Å²) in [5, 5.41) is 4.22. The van der Waals surface area contributed by atoms with Crippen molar-refractivity contribution in [1.82, 2.24) is 5.32 Å². The van der Waals surface area contributed by atoms with Crippen LogP contribution in [0.5, 0.6) is 0 Å². The average molecular weight is 370 g/mol. The van der Waals surface area contributed by atoms with E-state index in [1.165, 1.54) is 83.5 Å². The highest BCUT2D eigenvalue weighted by atomic mass is 15.0. The van der Waals surface area contributed by atoms with Crippen LogP contribution < -0.4 is 5.32 Å². The lowest BCUT2D eigenvalue weighted by molar-refractivity contribution is 0.0716. The van der Waals surface area contributed by atoms with Crippen LogP contribution in [0.3, 0.4) is 0 Å². The van der Waals surface area contributed by atoms with Crippen LogP contribution in [-0.4, -0.2) is 12.1 Å². The van der Waals surface area contributed by atoms with Gasteiger partial charge < -0.3 is 5.32 Å². The largest absolute Gasteiger partial charge is 0.310 e. The number of hydrogen-bond acceptors (Lipinski definition) is 1. The molecule has 1 saturated heterocycles. The summed E-state index contributed by atoms with van der Waals surface area (Å²) in [5.74, 6) is 4.32. The van der Waals surface area contributed by atoms with E-state index in [9.17, 15) is 0 Å². The third-order valence-corrected chi connectivity index (χ3v) is 8.38. The van der Waals surface area contributed by atoms with E-state index in [1.807, 2.05) is 5.57 Å². The summed E-state index contributed by atoms with van der Waals surface area (Å²) >= 11 is 0. The van der Waals surface area contributed by atoms with Gasteiger partial charge in [0.1, 0.15) is 0 Å². The van der Waals surface area contributed by atoms with E-state index in [0.29, 0.717) is 0 Å². The molecule has 0 aromatic rings. The summed E-state index contributed by atoms with van der Waals surface area (Å²) in [5.41, 5.74) is 1.87. The van der Waals surface area contributed by atoms with Gasteiger partial charge in [-0.05, 0) is 100 Å². The molecule has 27 heavy (non-hydrogen) atoms. The quantitative estimate of drug-likeness (QED) is 0.524. The topological polar surface area (TPSA) is 12.0 Å². The van der Waals surface area contributed by atoms with Crippen molar-refractivity contribution in [2.45, 2.75) is 109 Å². The Kier molecular flexibility index (Phi) is 6.79. The van der Waals surface area contributed by atoms with Gasteiger partial charge in [-0.15, -0.1) is 0 Å². The van der Waals surface area contributed by atoms with Crippen LogP contribution >= 0.6 is 0 Å². The van der Waals surface area contributed by atoms with E-state index < -0.39 is 0 Å². The van der Waals surface area contributed by atoms with Gasteiger partial charge in [0.15, 0.2) is 0 Å². The second-order valence-electron chi connectivity index (χ2n) is 10.4. The van der Waals surface area contributed by atoms with Crippen LogP contribution in [-0.2, 0) is 0 Å². The van der Waals surface area contributed by atoms with E-state index >= 15 is 0 Å². The fourth-order valence-corrected chi connectivity index (χ4v) is 7.02. The molecule has 0 aromatic carbocycles. The Morgan fingerprint density at radius 2 is 1.74 bits per heavy atom. The molecule has 2 fully saturated rings. The predicted octanol–water partition coefficient (Wildman–Crippen LogP) is 7.04. The van der Waals surface area contributed by atoms with Gasteiger partial charge in [0, 0.05) is 12.1 Å². The molecule has 1 saturated carbocycles. The SMILES string of the molecule is CC(C)C1NC(C2C=CCCC2)CCC1C1CCCCC1C1=CCCCC1. The maximum absolute atomic E-state index is 4.22. The van der Waals surface area contributed by atoms with Crippen molar-refractivity contribution in [2.24, 2.45) is 29.6 Å². The first kappa shape index (κ1) is 19.7. The van der Waals surface area contributed by atoms with E-state index in [4.69, 9.17) is 0 Å². The van der Waals surface area contributed by atoms with Gasteiger partial charge in [-0.2, -0.15) is 0 Å². The smallest absolute Gasteiger partial charge is 0.0133 e. The highest BCUT2D eigenvalue weighted by molar-refractivity contribution is 5.13. The summed E-state index contributed by atoms with van der Waals surface area (Å²) in [6.07, 6.45) is 26.2. The highest BCUT2D eigenvalue weighted by Gasteiger charge is 2.42. The Labute approximate surface area is 168 Å². The first-order valence-corrected chi connectivity index (χ1v) is 12.4. The Morgan fingerprint density at radius 3 is 2.48 bits per heavy atom. The van der Waals surface area contributed by atoms with Crippen molar-refractivity contribution in [1.29, 1.82) is 0 Å². The zero-order valence-corrected chi connectivity index (χ0v) is 18.0. The van der Waals surface area contributed by atoms with Crippen LogP contribution in [0, 0.1) is 29.6 Å². The lowest BCUT2D eigenvalue weighted by Gasteiger charge is -2.49. The fraction of sp³-hybridized carbons (Fsp3) is 0.846. The fourth-order valence-electron chi connectivity index (χ4n) is 7.02. The molecule has 1 heteroatoms. The molecular weight excluding hydrogens is 326 g/mol.